The molecule has 5 nitrogen and oxygen atoms in total. The summed E-state index contributed by atoms with van der Waals surface area (Å²) < 4.78 is 16.3. The highest BCUT2D eigenvalue weighted by atomic mass is 16.5. The Balaban J connectivity index is 1.91. The van der Waals surface area contributed by atoms with E-state index in [0.29, 0.717) is 11.8 Å². The van der Waals surface area contributed by atoms with Crippen LogP contribution in [-0.4, -0.2) is 45.0 Å². The van der Waals surface area contributed by atoms with Crippen LogP contribution in [0.3, 0.4) is 0 Å². The summed E-state index contributed by atoms with van der Waals surface area (Å²) in [5.41, 5.74) is 1.22. The van der Waals surface area contributed by atoms with Crippen molar-refractivity contribution < 1.29 is 14.2 Å². The van der Waals surface area contributed by atoms with Gasteiger partial charge in [0.1, 0.15) is 0 Å². The number of nitrogens with zero attached hydrogens (tertiary/aromatic N) is 1. The average molecular weight is 288 g/mol. The topological polar surface area (TPSA) is 52.6 Å². The molecule has 1 aliphatic heterocycles. The molecule has 21 heavy (non-hydrogen) atoms. The van der Waals surface area contributed by atoms with Crippen LogP contribution in [-0.2, 0) is 11.2 Å². The molecule has 1 aromatic heterocycles. The average Bonchev–Trinajstić information content (AvgIpc) is 2.54. The van der Waals surface area contributed by atoms with Crippen LogP contribution in [0.2, 0.25) is 0 Å². The fraction of sp³-hybridized carbons (Fsp3) is 0.438. The van der Waals surface area contributed by atoms with Gasteiger partial charge in [0.2, 0.25) is 11.8 Å². The maximum Gasteiger partial charge on any atom is 0.224 e. The lowest BCUT2D eigenvalue weighted by Crippen LogP contribution is -2.39. The number of pyridine rings is 1. The molecule has 1 aliphatic rings. The smallest absolute Gasteiger partial charge is 0.224 e. The van der Waals surface area contributed by atoms with Gasteiger partial charge in [0.15, 0.2) is 0 Å². The Labute approximate surface area is 124 Å². The van der Waals surface area contributed by atoms with Crippen molar-refractivity contribution in [2.45, 2.75) is 12.5 Å². The van der Waals surface area contributed by atoms with E-state index >= 15 is 0 Å². The minimum atomic E-state index is 0.230. The second kappa shape index (κ2) is 6.28. The highest BCUT2D eigenvalue weighted by Crippen LogP contribution is 2.28. The summed E-state index contributed by atoms with van der Waals surface area (Å²) in [7, 11) is 3.23. The first kappa shape index (κ1) is 14.1. The van der Waals surface area contributed by atoms with Crippen LogP contribution >= 0.6 is 0 Å². The van der Waals surface area contributed by atoms with E-state index < -0.39 is 0 Å². The van der Waals surface area contributed by atoms with Crippen LogP contribution in [0.5, 0.6) is 11.8 Å². The normalized spacial score (nSPS) is 18.7. The molecular weight excluding hydrogens is 268 g/mol. The van der Waals surface area contributed by atoms with E-state index in [1.807, 2.05) is 6.07 Å². The predicted octanol–water partition coefficient (Wildman–Crippen LogP) is 1.78. The summed E-state index contributed by atoms with van der Waals surface area (Å²) in [6, 6.07) is 8.24. The molecule has 0 radical (unpaired) electrons. The zero-order chi connectivity index (χ0) is 14.7. The molecule has 1 fully saturated rings. The highest BCUT2D eigenvalue weighted by Gasteiger charge is 2.15. The molecule has 1 atom stereocenters. The molecule has 1 unspecified atom stereocenters. The Morgan fingerprint density at radius 2 is 2.19 bits per heavy atom. The Morgan fingerprint density at radius 3 is 2.90 bits per heavy atom. The van der Waals surface area contributed by atoms with Crippen molar-refractivity contribution in [3.63, 3.8) is 0 Å². The molecule has 1 saturated heterocycles. The van der Waals surface area contributed by atoms with Gasteiger partial charge in [-0.2, -0.15) is 4.98 Å². The molecule has 0 aliphatic carbocycles. The summed E-state index contributed by atoms with van der Waals surface area (Å²) in [5.74, 6) is 1.15. The molecule has 2 aromatic rings. The standard InChI is InChI=1S/C16H20N2O3/c1-19-15-9-12-4-3-11(7-13-10-17-5-6-21-13)8-14(12)16(18-15)20-2/h3-4,8-9,13,17H,5-7,10H2,1-2H3. The van der Waals surface area contributed by atoms with Crippen molar-refractivity contribution in [1.29, 1.82) is 0 Å². The zero-order valence-corrected chi connectivity index (χ0v) is 12.4. The van der Waals surface area contributed by atoms with E-state index in [9.17, 15) is 0 Å². The van der Waals surface area contributed by atoms with Crippen molar-refractivity contribution in [2.24, 2.45) is 0 Å². The van der Waals surface area contributed by atoms with Crippen LogP contribution in [0.4, 0.5) is 0 Å². The number of ether oxygens (including phenoxy) is 3. The number of morpholine rings is 1. The summed E-state index contributed by atoms with van der Waals surface area (Å²) in [6.07, 6.45) is 1.12. The number of methoxy groups -OCH3 is 2. The number of hydrogen-bond acceptors (Lipinski definition) is 5. The maximum atomic E-state index is 5.76. The molecular formula is C16H20N2O3. The van der Waals surface area contributed by atoms with Gasteiger partial charge in [-0.25, -0.2) is 0 Å². The minimum Gasteiger partial charge on any atom is -0.481 e. The largest absolute Gasteiger partial charge is 0.481 e. The Morgan fingerprint density at radius 1 is 1.29 bits per heavy atom. The number of hydrogen-bond donors (Lipinski definition) is 1. The van der Waals surface area contributed by atoms with Gasteiger partial charge in [-0.15, -0.1) is 0 Å². The lowest BCUT2D eigenvalue weighted by Gasteiger charge is -2.23. The number of benzene rings is 1. The van der Waals surface area contributed by atoms with Crippen LogP contribution < -0.4 is 14.8 Å². The zero-order valence-electron chi connectivity index (χ0n) is 12.4. The van der Waals surface area contributed by atoms with Crippen molar-refractivity contribution in [3.05, 3.63) is 29.8 Å². The fourth-order valence-corrected chi connectivity index (χ4v) is 2.64. The summed E-state index contributed by atoms with van der Waals surface area (Å²) >= 11 is 0. The summed E-state index contributed by atoms with van der Waals surface area (Å²) in [5, 5.41) is 5.41. The molecule has 0 saturated carbocycles. The quantitative estimate of drug-likeness (QED) is 0.929. The third-order valence-corrected chi connectivity index (χ3v) is 3.71. The van der Waals surface area contributed by atoms with E-state index in [0.717, 1.165) is 36.9 Å². The fourth-order valence-electron chi connectivity index (χ4n) is 2.64. The lowest BCUT2D eigenvalue weighted by molar-refractivity contribution is 0.0292. The van der Waals surface area contributed by atoms with Crippen LogP contribution in [0.15, 0.2) is 24.3 Å². The molecule has 1 N–H and O–H groups in total. The number of nitrogens with one attached hydrogen (secondary N) is 1. The monoisotopic (exact) mass is 288 g/mol. The van der Waals surface area contributed by atoms with E-state index in [4.69, 9.17) is 14.2 Å². The lowest BCUT2D eigenvalue weighted by atomic mass is 10.0. The number of aromatic nitrogens is 1. The van der Waals surface area contributed by atoms with Gasteiger partial charge in [0.25, 0.3) is 0 Å². The predicted molar refractivity (Wildman–Crippen MR) is 81.2 cm³/mol. The van der Waals surface area contributed by atoms with Gasteiger partial charge in [-0.1, -0.05) is 12.1 Å². The Bertz CT molecular complexity index is 624. The van der Waals surface area contributed by atoms with E-state index in [-0.39, 0.29) is 6.10 Å². The van der Waals surface area contributed by atoms with Crippen molar-refractivity contribution in [1.82, 2.24) is 10.3 Å². The van der Waals surface area contributed by atoms with Gasteiger partial charge in [-0.3, -0.25) is 0 Å². The minimum absolute atomic E-state index is 0.230. The highest BCUT2D eigenvalue weighted by molar-refractivity contribution is 5.88. The van der Waals surface area contributed by atoms with E-state index in [1.165, 1.54) is 5.56 Å². The third kappa shape index (κ3) is 3.09. The van der Waals surface area contributed by atoms with Crippen LogP contribution in [0.25, 0.3) is 10.8 Å². The first-order valence-electron chi connectivity index (χ1n) is 7.14. The van der Waals surface area contributed by atoms with Crippen molar-refractivity contribution >= 4 is 10.8 Å². The second-order valence-corrected chi connectivity index (χ2v) is 5.13. The second-order valence-electron chi connectivity index (χ2n) is 5.13. The van der Waals surface area contributed by atoms with Gasteiger partial charge in [-0.05, 0) is 23.4 Å². The molecule has 0 spiro atoms. The first-order chi connectivity index (χ1) is 10.3. The van der Waals surface area contributed by atoms with Gasteiger partial charge >= 0.3 is 0 Å². The van der Waals surface area contributed by atoms with Crippen LogP contribution in [0.1, 0.15) is 5.56 Å². The van der Waals surface area contributed by atoms with Gasteiger partial charge in [0.05, 0.1) is 26.9 Å². The van der Waals surface area contributed by atoms with Gasteiger partial charge < -0.3 is 19.5 Å². The number of rotatable bonds is 4. The summed E-state index contributed by atoms with van der Waals surface area (Å²) in [4.78, 5) is 4.34. The molecule has 112 valence electrons. The molecule has 1 aromatic carbocycles. The molecule has 5 heteroatoms. The SMILES string of the molecule is COc1cc2ccc(CC3CNCCO3)cc2c(OC)n1. The van der Waals surface area contributed by atoms with Gasteiger partial charge in [0, 0.05) is 24.5 Å². The third-order valence-electron chi connectivity index (χ3n) is 3.71. The molecule has 2 heterocycles. The Hall–Kier alpha value is -1.85. The van der Waals surface area contributed by atoms with Crippen molar-refractivity contribution in [3.8, 4) is 11.8 Å². The molecule has 0 amide bonds. The van der Waals surface area contributed by atoms with E-state index in [1.54, 1.807) is 14.2 Å². The first-order valence-corrected chi connectivity index (χ1v) is 7.14. The molecule has 3 rings (SSSR count). The Kier molecular flexibility index (Phi) is 4.22. The maximum absolute atomic E-state index is 5.76. The molecule has 0 bridgehead atoms. The summed E-state index contributed by atoms with van der Waals surface area (Å²) in [6.45, 7) is 2.61. The van der Waals surface area contributed by atoms with Crippen LogP contribution in [0, 0.1) is 0 Å². The van der Waals surface area contributed by atoms with E-state index in [2.05, 4.69) is 28.5 Å². The number of fused-ring (bicyclic) bond motifs is 1. The van der Waals surface area contributed by atoms with Crippen molar-refractivity contribution in [2.75, 3.05) is 33.9 Å².